The molecule has 1 amide bonds. The molecule has 1 aromatic rings. The zero-order chi connectivity index (χ0) is 23.6. The van der Waals surface area contributed by atoms with Gasteiger partial charge in [-0.15, -0.1) is 0 Å². The number of benzene rings is 1. The van der Waals surface area contributed by atoms with Crippen LogP contribution in [0.25, 0.3) is 0 Å². The lowest BCUT2D eigenvalue weighted by molar-refractivity contribution is -0.385. The number of nitrogens with one attached hydrogen (secondary N) is 1. The summed E-state index contributed by atoms with van der Waals surface area (Å²) in [6, 6.07) is 2.53. The number of amides is 1. The number of ether oxygens (including phenoxy) is 7. The lowest BCUT2D eigenvalue weighted by atomic mass is 10.2. The Morgan fingerprint density at radius 1 is 0.875 bits per heavy atom. The van der Waals surface area contributed by atoms with E-state index < -0.39 is 11.0 Å². The monoisotopic (exact) mass is 462 g/mol. The molecule has 32 heavy (non-hydrogen) atoms. The van der Waals surface area contributed by atoms with Gasteiger partial charge in [0, 0.05) is 6.54 Å². The Kier molecular flexibility index (Phi) is 14.2. The van der Waals surface area contributed by atoms with E-state index >= 15 is 0 Å². The molecule has 2 N–H and O–H groups in total. The zero-order valence-corrected chi connectivity index (χ0v) is 18.2. The third-order valence-corrected chi connectivity index (χ3v) is 3.76. The fourth-order valence-electron chi connectivity index (χ4n) is 2.33. The second-order valence-corrected chi connectivity index (χ2v) is 5.97. The lowest BCUT2D eigenvalue weighted by Gasteiger charge is -2.13. The Morgan fingerprint density at radius 3 is 1.84 bits per heavy atom. The summed E-state index contributed by atoms with van der Waals surface area (Å²) in [4.78, 5) is 20.7. The van der Waals surface area contributed by atoms with Crippen LogP contribution in [0.15, 0.2) is 12.1 Å². The van der Waals surface area contributed by atoms with Crippen LogP contribution in [0.3, 0.4) is 0 Å². The van der Waals surface area contributed by atoms with Crippen molar-refractivity contribution in [2.24, 2.45) is 0 Å². The molecule has 182 valence electrons. The summed E-state index contributed by atoms with van der Waals surface area (Å²) in [5, 5.41) is 21.6. The second-order valence-electron chi connectivity index (χ2n) is 5.97. The molecule has 0 aliphatic rings. The topological polar surface area (TPSA) is 157 Å². The van der Waals surface area contributed by atoms with Crippen LogP contribution in [-0.4, -0.2) is 96.3 Å². The molecule has 13 nitrogen and oxygen atoms in total. The van der Waals surface area contributed by atoms with E-state index in [0.29, 0.717) is 39.6 Å². The van der Waals surface area contributed by atoms with E-state index in [-0.39, 0.29) is 49.3 Å². The molecular formula is C19H30N2O11. The van der Waals surface area contributed by atoms with Crippen molar-refractivity contribution < 1.29 is 48.0 Å². The van der Waals surface area contributed by atoms with E-state index in [4.69, 9.17) is 38.3 Å². The Balaban J connectivity index is 2.06. The first-order valence-corrected chi connectivity index (χ1v) is 9.80. The number of methoxy groups -OCH3 is 2. The van der Waals surface area contributed by atoms with Crippen LogP contribution in [0.4, 0.5) is 10.5 Å². The van der Waals surface area contributed by atoms with Crippen molar-refractivity contribution in [1.82, 2.24) is 5.32 Å². The van der Waals surface area contributed by atoms with Gasteiger partial charge in [0.15, 0.2) is 11.5 Å². The highest BCUT2D eigenvalue weighted by Crippen LogP contribution is 2.40. The van der Waals surface area contributed by atoms with Crippen molar-refractivity contribution in [3.63, 3.8) is 0 Å². The van der Waals surface area contributed by atoms with Gasteiger partial charge in [-0.1, -0.05) is 0 Å². The summed E-state index contributed by atoms with van der Waals surface area (Å²) in [6.07, 6.45) is -1.08. The Bertz CT molecular complexity index is 687. The van der Waals surface area contributed by atoms with Gasteiger partial charge < -0.3 is 43.6 Å². The highest BCUT2D eigenvalue weighted by Gasteiger charge is 2.19. The molecule has 0 aliphatic carbocycles. The summed E-state index contributed by atoms with van der Waals surface area (Å²) in [5.74, 6) is 0.663. The molecule has 0 saturated heterocycles. The number of non-ortho nitro benzene ring substituents is 1. The number of carbonyl (C=O) groups is 1. The highest BCUT2D eigenvalue weighted by atomic mass is 16.6. The summed E-state index contributed by atoms with van der Waals surface area (Å²) < 4.78 is 37.1. The van der Waals surface area contributed by atoms with Crippen molar-refractivity contribution in [1.29, 1.82) is 0 Å². The molecule has 1 rings (SSSR count). The number of hydrogen-bond acceptors (Lipinski definition) is 10. The van der Waals surface area contributed by atoms with Crippen LogP contribution >= 0.6 is 0 Å². The van der Waals surface area contributed by atoms with Gasteiger partial charge in [0.2, 0.25) is 5.75 Å². The Labute approximate surface area is 185 Å². The summed E-state index contributed by atoms with van der Waals surface area (Å²) in [7, 11) is 2.80. The second kappa shape index (κ2) is 16.8. The summed E-state index contributed by atoms with van der Waals surface area (Å²) in [5.41, 5.74) is -0.170. The van der Waals surface area contributed by atoms with E-state index in [1.807, 2.05) is 0 Å². The van der Waals surface area contributed by atoms with Crippen LogP contribution in [0, 0.1) is 10.1 Å². The summed E-state index contributed by atoms with van der Waals surface area (Å²) in [6.45, 7) is 3.19. The Morgan fingerprint density at radius 2 is 1.38 bits per heavy atom. The first-order chi connectivity index (χ1) is 15.5. The van der Waals surface area contributed by atoms with Gasteiger partial charge in [-0.05, 0) is 0 Å². The molecular weight excluding hydrogens is 432 g/mol. The van der Waals surface area contributed by atoms with Gasteiger partial charge in [-0.25, -0.2) is 4.79 Å². The molecule has 0 saturated carbocycles. The molecule has 0 atom stereocenters. The maximum Gasteiger partial charge on any atom is 0.404 e. The van der Waals surface area contributed by atoms with Gasteiger partial charge in [0.05, 0.1) is 84.1 Å². The maximum atomic E-state index is 11.0. The lowest BCUT2D eigenvalue weighted by Crippen LogP contribution is -2.25. The number of nitro groups is 1. The van der Waals surface area contributed by atoms with Crippen LogP contribution in [0.5, 0.6) is 17.2 Å². The van der Waals surface area contributed by atoms with Gasteiger partial charge in [0.1, 0.15) is 6.61 Å². The zero-order valence-electron chi connectivity index (χ0n) is 18.2. The highest BCUT2D eigenvalue weighted by molar-refractivity contribution is 5.64. The quantitative estimate of drug-likeness (QED) is 0.174. The van der Waals surface area contributed by atoms with Crippen LogP contribution in [-0.2, 0) is 18.9 Å². The average molecular weight is 462 g/mol. The minimum Gasteiger partial charge on any atom is -0.492 e. The molecule has 13 heteroatoms. The predicted molar refractivity (Wildman–Crippen MR) is 111 cm³/mol. The molecule has 0 fully saturated rings. The van der Waals surface area contributed by atoms with Gasteiger partial charge in [-0.3, -0.25) is 10.1 Å². The van der Waals surface area contributed by atoms with Crippen molar-refractivity contribution in [3.8, 4) is 17.2 Å². The van der Waals surface area contributed by atoms with Crippen LogP contribution in [0.2, 0.25) is 0 Å². The average Bonchev–Trinajstić information content (AvgIpc) is 2.77. The molecule has 0 aliphatic heterocycles. The third kappa shape index (κ3) is 11.5. The fourth-order valence-corrected chi connectivity index (χ4v) is 2.33. The van der Waals surface area contributed by atoms with Gasteiger partial charge in [0.25, 0.3) is 5.69 Å². The molecule has 0 bridgehead atoms. The van der Waals surface area contributed by atoms with Crippen molar-refractivity contribution in [2.75, 3.05) is 80.2 Å². The van der Waals surface area contributed by atoms with Gasteiger partial charge in [-0.2, -0.15) is 0 Å². The molecule has 0 radical (unpaired) electrons. The largest absolute Gasteiger partial charge is 0.492 e. The number of rotatable bonds is 19. The first kappa shape index (κ1) is 27.2. The van der Waals surface area contributed by atoms with Gasteiger partial charge >= 0.3 is 6.09 Å². The molecule has 0 spiro atoms. The number of carboxylic acid groups (broad SMARTS) is 1. The number of nitro benzene ring substituents is 1. The van der Waals surface area contributed by atoms with E-state index in [1.54, 1.807) is 0 Å². The first-order valence-electron chi connectivity index (χ1n) is 9.80. The Hall–Kier alpha value is -2.87. The van der Waals surface area contributed by atoms with Crippen LogP contribution < -0.4 is 19.5 Å². The number of hydrogen-bond donors (Lipinski definition) is 2. The van der Waals surface area contributed by atoms with E-state index in [0.717, 1.165) is 0 Å². The molecule has 1 aromatic carbocycles. The van der Waals surface area contributed by atoms with Crippen molar-refractivity contribution in [2.45, 2.75) is 0 Å². The summed E-state index contributed by atoms with van der Waals surface area (Å²) >= 11 is 0. The van der Waals surface area contributed by atoms with Crippen molar-refractivity contribution in [3.05, 3.63) is 22.2 Å². The minimum atomic E-state index is -1.08. The fraction of sp³-hybridized carbons (Fsp3) is 0.632. The molecule has 0 heterocycles. The minimum absolute atomic E-state index is 0.159. The smallest absolute Gasteiger partial charge is 0.404 e. The van der Waals surface area contributed by atoms with Crippen molar-refractivity contribution >= 4 is 11.8 Å². The predicted octanol–water partition coefficient (Wildman–Crippen LogP) is 1.32. The van der Waals surface area contributed by atoms with Crippen LogP contribution in [0.1, 0.15) is 0 Å². The molecule has 0 unspecified atom stereocenters. The number of nitrogens with zero attached hydrogens (tertiary/aromatic N) is 1. The SMILES string of the molecule is COc1cc([N+](=O)[O-])cc(OCCOCCOCCOCCOCCNC(=O)O)c1OC. The molecule has 0 aromatic heterocycles. The third-order valence-electron chi connectivity index (χ3n) is 3.76. The standard InChI is InChI=1S/C19H30N2O11/c1-26-16-13-15(21(24)25)14-17(18(16)27-2)32-12-11-31-10-9-30-8-7-29-6-5-28-4-3-20-19(22)23/h13-14,20H,3-12H2,1-2H3,(H,22,23). The normalized spacial score (nSPS) is 10.6. The van der Waals surface area contributed by atoms with E-state index in [2.05, 4.69) is 5.32 Å². The van der Waals surface area contributed by atoms with E-state index in [1.165, 1.54) is 26.4 Å². The maximum absolute atomic E-state index is 11.0. The van der Waals surface area contributed by atoms with E-state index in [9.17, 15) is 14.9 Å².